The van der Waals surface area contributed by atoms with Crippen LogP contribution in [0.5, 0.6) is 0 Å². The van der Waals surface area contributed by atoms with Crippen molar-refractivity contribution in [2.24, 2.45) is 0 Å². The number of hydrogen-bond donors (Lipinski definition) is 2. The van der Waals surface area contributed by atoms with Crippen molar-refractivity contribution in [3.05, 3.63) is 18.0 Å². The van der Waals surface area contributed by atoms with Gasteiger partial charge in [0.1, 0.15) is 11.8 Å². The molecule has 0 aromatic carbocycles. The molecule has 2 atom stereocenters. The van der Waals surface area contributed by atoms with Crippen molar-refractivity contribution in [3.8, 4) is 6.07 Å². The van der Waals surface area contributed by atoms with Gasteiger partial charge in [-0.15, -0.1) is 0 Å². The molecule has 1 aliphatic rings. The second-order valence-electron chi connectivity index (χ2n) is 3.56. The summed E-state index contributed by atoms with van der Waals surface area (Å²) in [5.74, 6) is 0.467. The quantitative estimate of drug-likeness (QED) is 0.729. The molecular formula is C10H13N5O. The van der Waals surface area contributed by atoms with Crippen LogP contribution >= 0.6 is 0 Å². The minimum absolute atomic E-state index is 0.106. The van der Waals surface area contributed by atoms with E-state index in [1.165, 1.54) is 0 Å². The van der Waals surface area contributed by atoms with Crippen molar-refractivity contribution in [1.29, 1.82) is 5.26 Å². The average Bonchev–Trinajstić information content (AvgIpc) is 2.76. The first-order valence-electron chi connectivity index (χ1n) is 5.06. The molecule has 2 N–H and O–H groups in total. The van der Waals surface area contributed by atoms with Crippen LogP contribution in [0.4, 0.5) is 5.95 Å². The number of nitriles is 1. The first kappa shape index (κ1) is 10.8. The fourth-order valence-corrected chi connectivity index (χ4v) is 1.70. The number of ether oxygens (including phenoxy) is 1. The molecule has 0 saturated carbocycles. The summed E-state index contributed by atoms with van der Waals surface area (Å²) in [5, 5.41) is 15.1. The summed E-state index contributed by atoms with van der Waals surface area (Å²) >= 11 is 0. The van der Waals surface area contributed by atoms with Crippen LogP contribution in [0.15, 0.2) is 12.3 Å². The molecule has 6 heteroatoms. The Labute approximate surface area is 93.7 Å². The molecule has 0 aliphatic carbocycles. The van der Waals surface area contributed by atoms with Gasteiger partial charge in [-0.3, -0.25) is 0 Å². The third-order valence-corrected chi connectivity index (χ3v) is 2.55. The van der Waals surface area contributed by atoms with Gasteiger partial charge in [0.25, 0.3) is 0 Å². The molecule has 0 bridgehead atoms. The minimum Gasteiger partial charge on any atom is -0.378 e. The maximum atomic E-state index is 8.72. The molecule has 0 spiro atoms. The number of nitrogens with one attached hydrogen (secondary N) is 2. The highest BCUT2D eigenvalue weighted by atomic mass is 16.5. The highest BCUT2D eigenvalue weighted by Crippen LogP contribution is 2.09. The van der Waals surface area contributed by atoms with Crippen LogP contribution in [-0.4, -0.2) is 42.3 Å². The molecule has 1 unspecified atom stereocenters. The van der Waals surface area contributed by atoms with Crippen molar-refractivity contribution >= 4 is 5.95 Å². The Kier molecular flexibility index (Phi) is 3.29. The van der Waals surface area contributed by atoms with E-state index in [9.17, 15) is 0 Å². The maximum absolute atomic E-state index is 8.72. The zero-order valence-corrected chi connectivity index (χ0v) is 8.97. The summed E-state index contributed by atoms with van der Waals surface area (Å²) in [5.41, 5.74) is 0.359. The second kappa shape index (κ2) is 4.88. The van der Waals surface area contributed by atoms with Gasteiger partial charge in [0.2, 0.25) is 5.95 Å². The summed E-state index contributed by atoms with van der Waals surface area (Å²) in [6.07, 6.45) is 1.67. The SMILES string of the molecule is CO[C@H]1CNCC1Nc1nccc(C#N)n1. The van der Waals surface area contributed by atoms with Gasteiger partial charge in [-0.1, -0.05) is 0 Å². The number of anilines is 1. The number of nitrogens with zero attached hydrogens (tertiary/aromatic N) is 3. The lowest BCUT2D eigenvalue weighted by atomic mass is 10.2. The van der Waals surface area contributed by atoms with Gasteiger partial charge in [-0.25, -0.2) is 9.97 Å². The fourth-order valence-electron chi connectivity index (χ4n) is 1.70. The molecule has 0 amide bonds. The molecule has 84 valence electrons. The lowest BCUT2D eigenvalue weighted by Gasteiger charge is -2.18. The van der Waals surface area contributed by atoms with E-state index in [-0.39, 0.29) is 12.1 Å². The van der Waals surface area contributed by atoms with Gasteiger partial charge >= 0.3 is 0 Å². The largest absolute Gasteiger partial charge is 0.378 e. The second-order valence-corrected chi connectivity index (χ2v) is 3.56. The van der Waals surface area contributed by atoms with Gasteiger partial charge in [0.15, 0.2) is 0 Å². The lowest BCUT2D eigenvalue weighted by Crippen LogP contribution is -2.34. The number of rotatable bonds is 3. The monoisotopic (exact) mass is 219 g/mol. The molecule has 16 heavy (non-hydrogen) atoms. The van der Waals surface area contributed by atoms with Gasteiger partial charge in [-0.2, -0.15) is 5.26 Å². The Morgan fingerprint density at radius 3 is 3.25 bits per heavy atom. The van der Waals surface area contributed by atoms with Crippen LogP contribution in [-0.2, 0) is 4.74 Å². The van der Waals surface area contributed by atoms with Crippen LogP contribution in [0.3, 0.4) is 0 Å². The highest BCUT2D eigenvalue weighted by Gasteiger charge is 2.27. The average molecular weight is 219 g/mol. The van der Waals surface area contributed by atoms with Gasteiger partial charge in [0.05, 0.1) is 12.1 Å². The highest BCUT2D eigenvalue weighted by molar-refractivity contribution is 5.32. The molecule has 1 aromatic rings. The van der Waals surface area contributed by atoms with E-state index in [2.05, 4.69) is 20.6 Å². The van der Waals surface area contributed by atoms with Crippen molar-refractivity contribution < 1.29 is 4.74 Å². The van der Waals surface area contributed by atoms with Crippen molar-refractivity contribution in [2.45, 2.75) is 12.1 Å². The number of aromatic nitrogens is 2. The van der Waals surface area contributed by atoms with E-state index in [0.717, 1.165) is 13.1 Å². The predicted molar refractivity (Wildman–Crippen MR) is 57.8 cm³/mol. The van der Waals surface area contributed by atoms with E-state index in [0.29, 0.717) is 11.6 Å². The summed E-state index contributed by atoms with van der Waals surface area (Å²) in [4.78, 5) is 8.12. The van der Waals surface area contributed by atoms with Crippen molar-refractivity contribution in [2.75, 3.05) is 25.5 Å². The third kappa shape index (κ3) is 2.27. The van der Waals surface area contributed by atoms with Gasteiger partial charge in [-0.05, 0) is 6.07 Å². The molecular weight excluding hydrogens is 206 g/mol. The molecule has 2 heterocycles. The van der Waals surface area contributed by atoms with Crippen molar-refractivity contribution in [1.82, 2.24) is 15.3 Å². The zero-order chi connectivity index (χ0) is 11.4. The van der Waals surface area contributed by atoms with Crippen molar-refractivity contribution in [3.63, 3.8) is 0 Å². The molecule has 1 aliphatic heterocycles. The predicted octanol–water partition coefficient (Wildman–Crippen LogP) is -0.253. The van der Waals surface area contributed by atoms with Crippen LogP contribution in [0, 0.1) is 11.3 Å². The lowest BCUT2D eigenvalue weighted by molar-refractivity contribution is 0.111. The van der Waals surface area contributed by atoms with E-state index in [1.54, 1.807) is 19.4 Å². The smallest absolute Gasteiger partial charge is 0.224 e. The Balaban J connectivity index is 2.06. The van der Waals surface area contributed by atoms with E-state index < -0.39 is 0 Å². The Bertz CT molecular complexity index is 402. The van der Waals surface area contributed by atoms with E-state index >= 15 is 0 Å². The first-order valence-corrected chi connectivity index (χ1v) is 5.06. The Morgan fingerprint density at radius 2 is 2.50 bits per heavy atom. The molecule has 1 fully saturated rings. The van der Waals surface area contributed by atoms with E-state index in [1.807, 2.05) is 6.07 Å². The molecule has 1 aromatic heterocycles. The first-order chi connectivity index (χ1) is 7.83. The third-order valence-electron chi connectivity index (χ3n) is 2.55. The summed E-state index contributed by atoms with van der Waals surface area (Å²) in [6.45, 7) is 1.62. The molecule has 6 nitrogen and oxygen atoms in total. The van der Waals surface area contributed by atoms with Gasteiger partial charge < -0.3 is 15.4 Å². The van der Waals surface area contributed by atoms with Crippen LogP contribution in [0.1, 0.15) is 5.69 Å². The minimum atomic E-state index is 0.106. The topological polar surface area (TPSA) is 82.9 Å². The number of hydrogen-bond acceptors (Lipinski definition) is 6. The zero-order valence-electron chi connectivity index (χ0n) is 8.97. The normalized spacial score (nSPS) is 24.0. The van der Waals surface area contributed by atoms with Crippen LogP contribution < -0.4 is 10.6 Å². The van der Waals surface area contributed by atoms with E-state index in [4.69, 9.17) is 10.00 Å². The summed E-state index contributed by atoms with van der Waals surface area (Å²) in [6, 6.07) is 3.69. The Morgan fingerprint density at radius 1 is 1.62 bits per heavy atom. The summed E-state index contributed by atoms with van der Waals surface area (Å²) in [7, 11) is 1.68. The Hall–Kier alpha value is -1.71. The standard InChI is InChI=1S/C10H13N5O/c1-16-9-6-12-5-8(9)15-10-13-3-2-7(4-11)14-10/h2-3,8-9,12H,5-6H2,1H3,(H,13,14,15)/t8?,9-/m0/s1. The van der Waals surface area contributed by atoms with Crippen LogP contribution in [0.25, 0.3) is 0 Å². The summed E-state index contributed by atoms with van der Waals surface area (Å²) < 4.78 is 5.31. The molecule has 2 rings (SSSR count). The van der Waals surface area contributed by atoms with Crippen LogP contribution in [0.2, 0.25) is 0 Å². The number of methoxy groups -OCH3 is 1. The fraction of sp³-hybridized carbons (Fsp3) is 0.500. The van der Waals surface area contributed by atoms with Gasteiger partial charge in [0, 0.05) is 26.4 Å². The molecule has 0 radical (unpaired) electrons. The molecule has 1 saturated heterocycles. The maximum Gasteiger partial charge on any atom is 0.224 e.